The molecule has 6 nitrogen and oxygen atoms in total. The van der Waals surface area contributed by atoms with Gasteiger partial charge in [0.25, 0.3) is 0 Å². The third-order valence-electron chi connectivity index (χ3n) is 12.2. The van der Waals surface area contributed by atoms with E-state index in [-0.39, 0.29) is 0 Å². The van der Waals surface area contributed by atoms with E-state index in [0.29, 0.717) is 17.5 Å². The molecule has 0 aliphatic heterocycles. The molecule has 0 saturated carbocycles. The molecule has 0 aliphatic rings. The Kier molecular flexibility index (Phi) is 7.98. The first kappa shape index (κ1) is 35.5. The highest BCUT2D eigenvalue weighted by atomic mass is 32.1. The third kappa shape index (κ3) is 5.71. The summed E-state index contributed by atoms with van der Waals surface area (Å²) in [7, 11) is 0. The molecule has 0 amide bonds. The van der Waals surface area contributed by atoms with Gasteiger partial charge >= 0.3 is 0 Å². The smallest absolute Gasteiger partial charge is 0.165 e. The van der Waals surface area contributed by atoms with Gasteiger partial charge in [0.2, 0.25) is 0 Å². The summed E-state index contributed by atoms with van der Waals surface area (Å²) in [6, 6.07) is 70.7. The van der Waals surface area contributed by atoms with Gasteiger partial charge < -0.3 is 4.57 Å². The lowest BCUT2D eigenvalue weighted by Crippen LogP contribution is -2.01. The molecule has 0 fully saturated rings. The lowest BCUT2D eigenvalue weighted by Gasteiger charge is -2.10. The maximum atomic E-state index is 5.08. The fourth-order valence-electron chi connectivity index (χ4n) is 9.31. The first-order valence-corrected chi connectivity index (χ1v) is 21.9. The predicted molar refractivity (Wildman–Crippen MR) is 261 cm³/mol. The minimum atomic E-state index is 0.575. The van der Waals surface area contributed by atoms with Crippen LogP contribution in [0.5, 0.6) is 0 Å². The second-order valence-corrected chi connectivity index (χ2v) is 16.9. The molecule has 0 unspecified atom stereocenters. The topological polar surface area (TPSA) is 61.4 Å². The van der Waals surface area contributed by atoms with Crippen molar-refractivity contribution in [2.45, 2.75) is 0 Å². The normalized spacial score (nSPS) is 11.8. The lowest BCUT2D eigenvalue weighted by molar-refractivity contribution is 1.05. The molecule has 0 radical (unpaired) electrons. The molecule has 13 aromatic rings. The van der Waals surface area contributed by atoms with Crippen LogP contribution in [0.1, 0.15) is 0 Å². The van der Waals surface area contributed by atoms with Gasteiger partial charge in [-0.05, 0) is 77.9 Å². The van der Waals surface area contributed by atoms with Gasteiger partial charge in [0.05, 0.1) is 22.1 Å². The average Bonchev–Trinajstić information content (AvgIpc) is 4.02. The number of aromatic nitrogens is 6. The van der Waals surface area contributed by atoms with Crippen LogP contribution in [0.4, 0.5) is 0 Å². The summed E-state index contributed by atoms with van der Waals surface area (Å²) in [5, 5.41) is 7.50. The highest BCUT2D eigenvalue weighted by molar-refractivity contribution is 7.26. The molecule has 0 aliphatic carbocycles. The molecule has 13 rings (SSSR count). The van der Waals surface area contributed by atoms with Gasteiger partial charge in [0, 0.05) is 70.3 Å². The zero-order valence-corrected chi connectivity index (χ0v) is 34.5. The van der Waals surface area contributed by atoms with Crippen LogP contribution in [0.25, 0.3) is 121 Å². The number of fused-ring (bicyclic) bond motifs is 10. The molecule has 0 saturated heterocycles. The quantitative estimate of drug-likeness (QED) is 0.168. The van der Waals surface area contributed by atoms with E-state index >= 15 is 0 Å². The van der Waals surface area contributed by atoms with Crippen LogP contribution in [0.2, 0.25) is 0 Å². The van der Waals surface area contributed by atoms with Crippen molar-refractivity contribution in [3.8, 4) is 56.8 Å². The minimum absolute atomic E-state index is 0.575. The second kappa shape index (κ2) is 14.2. The standard InChI is InChI=1S/C56H34N6S/c1-4-14-35(15-5-1)54-58-55(36-16-6-2-7-17-36)60-56(59-54)39-26-31-51(57-34-39)62-46-22-12-10-20-41(46)44-32-37(24-28-47(44)62)38-25-29-48-45(33-38)52-49(61(48)40-18-8-3-9-19-40)30-27-43-42-21-11-13-23-50(42)63-53(43)52/h1-34H. The van der Waals surface area contributed by atoms with Crippen molar-refractivity contribution in [1.29, 1.82) is 0 Å². The number of hydrogen-bond acceptors (Lipinski definition) is 5. The molecule has 5 heterocycles. The summed E-state index contributed by atoms with van der Waals surface area (Å²) in [4.78, 5) is 19.8. The van der Waals surface area contributed by atoms with E-state index in [1.807, 2.05) is 78.2 Å². The average molecular weight is 823 g/mol. The molecular weight excluding hydrogens is 789 g/mol. The van der Waals surface area contributed by atoms with Crippen LogP contribution in [0, 0.1) is 0 Å². The van der Waals surface area contributed by atoms with Crippen LogP contribution in [0.3, 0.4) is 0 Å². The predicted octanol–water partition coefficient (Wildman–Crippen LogP) is 14.5. The summed E-state index contributed by atoms with van der Waals surface area (Å²) in [5.41, 5.74) is 10.8. The van der Waals surface area contributed by atoms with Crippen LogP contribution >= 0.6 is 11.3 Å². The van der Waals surface area contributed by atoms with Crippen molar-refractivity contribution in [3.05, 3.63) is 206 Å². The van der Waals surface area contributed by atoms with Crippen molar-refractivity contribution < 1.29 is 0 Å². The Labute approximate surface area is 365 Å². The molecule has 8 aromatic carbocycles. The molecule has 0 N–H and O–H groups in total. The van der Waals surface area contributed by atoms with E-state index in [2.05, 4.69) is 149 Å². The first-order chi connectivity index (χ1) is 31.2. The van der Waals surface area contributed by atoms with Gasteiger partial charge in [-0.2, -0.15) is 0 Å². The molecule has 0 spiro atoms. The van der Waals surface area contributed by atoms with E-state index < -0.39 is 0 Å². The number of thiophene rings is 1. The highest BCUT2D eigenvalue weighted by Gasteiger charge is 2.20. The fraction of sp³-hybridized carbons (Fsp3) is 0. The highest BCUT2D eigenvalue weighted by Crippen LogP contribution is 2.44. The molecule has 7 heteroatoms. The van der Waals surface area contributed by atoms with Crippen molar-refractivity contribution in [2.24, 2.45) is 0 Å². The molecular formula is C56H34N6S. The molecule has 63 heavy (non-hydrogen) atoms. The molecule has 5 aromatic heterocycles. The Bertz CT molecular complexity index is 3830. The van der Waals surface area contributed by atoms with Crippen LogP contribution in [-0.2, 0) is 0 Å². The largest absolute Gasteiger partial charge is 0.309 e. The summed E-state index contributed by atoms with van der Waals surface area (Å²) in [6.45, 7) is 0. The maximum Gasteiger partial charge on any atom is 0.165 e. The van der Waals surface area contributed by atoms with Gasteiger partial charge in [0.15, 0.2) is 17.5 Å². The van der Waals surface area contributed by atoms with E-state index in [9.17, 15) is 0 Å². The van der Waals surface area contributed by atoms with Crippen LogP contribution in [-0.4, -0.2) is 29.1 Å². The Morgan fingerprint density at radius 3 is 1.57 bits per heavy atom. The molecule has 294 valence electrons. The maximum absolute atomic E-state index is 5.08. The van der Waals surface area contributed by atoms with Crippen LogP contribution in [0.15, 0.2) is 206 Å². The van der Waals surface area contributed by atoms with E-state index in [0.717, 1.165) is 44.8 Å². The molecule has 0 atom stereocenters. The number of hydrogen-bond donors (Lipinski definition) is 0. The van der Waals surface area contributed by atoms with E-state index in [1.165, 1.54) is 58.3 Å². The Balaban J connectivity index is 0.941. The van der Waals surface area contributed by atoms with Gasteiger partial charge in [-0.3, -0.25) is 4.57 Å². The van der Waals surface area contributed by atoms with Crippen molar-refractivity contribution in [2.75, 3.05) is 0 Å². The first-order valence-electron chi connectivity index (χ1n) is 21.0. The summed E-state index contributed by atoms with van der Waals surface area (Å²) in [6.07, 6.45) is 1.87. The van der Waals surface area contributed by atoms with Gasteiger partial charge in [-0.25, -0.2) is 19.9 Å². The minimum Gasteiger partial charge on any atom is -0.309 e. The van der Waals surface area contributed by atoms with E-state index in [1.54, 1.807) is 0 Å². The number of benzene rings is 8. The summed E-state index contributed by atoms with van der Waals surface area (Å²) < 4.78 is 7.30. The number of pyridine rings is 1. The summed E-state index contributed by atoms with van der Waals surface area (Å²) in [5.74, 6) is 2.64. The fourth-order valence-corrected chi connectivity index (χ4v) is 10.6. The van der Waals surface area contributed by atoms with Crippen LogP contribution < -0.4 is 0 Å². The number of nitrogens with zero attached hydrogens (tertiary/aromatic N) is 6. The monoisotopic (exact) mass is 822 g/mol. The Morgan fingerprint density at radius 2 is 0.889 bits per heavy atom. The molecule has 0 bridgehead atoms. The van der Waals surface area contributed by atoms with Crippen molar-refractivity contribution in [3.63, 3.8) is 0 Å². The second-order valence-electron chi connectivity index (χ2n) is 15.9. The lowest BCUT2D eigenvalue weighted by atomic mass is 10.00. The van der Waals surface area contributed by atoms with Crippen molar-refractivity contribution in [1.82, 2.24) is 29.1 Å². The SMILES string of the molecule is c1ccc(-c2nc(-c3ccccc3)nc(-c3ccc(-n4c5ccccc5c5cc(-c6ccc7c(c6)c6c8sc9ccccc9c8ccc6n7-c6ccccc6)ccc54)nc3)n2)cc1. The third-order valence-corrected chi connectivity index (χ3v) is 13.4. The zero-order chi connectivity index (χ0) is 41.4. The van der Waals surface area contributed by atoms with E-state index in [4.69, 9.17) is 19.9 Å². The number of para-hydroxylation sites is 2. The summed E-state index contributed by atoms with van der Waals surface area (Å²) >= 11 is 1.89. The zero-order valence-electron chi connectivity index (χ0n) is 33.7. The van der Waals surface area contributed by atoms with Crippen molar-refractivity contribution >= 4 is 75.1 Å². The van der Waals surface area contributed by atoms with Gasteiger partial charge in [-0.15, -0.1) is 11.3 Å². The van der Waals surface area contributed by atoms with Gasteiger partial charge in [0.1, 0.15) is 5.82 Å². The Morgan fingerprint density at radius 1 is 0.349 bits per heavy atom. The number of rotatable bonds is 6. The Hall–Kier alpha value is -8.26. The van der Waals surface area contributed by atoms with Gasteiger partial charge in [-0.1, -0.05) is 133 Å².